The number of nitrogens with zero attached hydrogens (tertiary/aromatic N) is 1. The van der Waals surface area contributed by atoms with E-state index < -0.39 is 5.41 Å². The molecule has 2 aliphatic carbocycles. The van der Waals surface area contributed by atoms with E-state index in [4.69, 9.17) is 4.42 Å². The normalized spacial score (nSPS) is 13.2. The zero-order valence-corrected chi connectivity index (χ0v) is 29.9. The van der Waals surface area contributed by atoms with Gasteiger partial charge in [0.1, 0.15) is 11.2 Å². The van der Waals surface area contributed by atoms with Crippen LogP contribution in [0.2, 0.25) is 0 Å². The Bertz CT molecular complexity index is 3120. The zero-order valence-electron chi connectivity index (χ0n) is 29.9. The molecule has 2 nitrogen and oxygen atoms in total. The highest BCUT2D eigenvalue weighted by Gasteiger charge is 2.51. The number of benzene rings is 9. The van der Waals surface area contributed by atoms with Crippen molar-refractivity contribution >= 4 is 49.8 Å². The summed E-state index contributed by atoms with van der Waals surface area (Å²) in [5, 5.41) is 4.67. The van der Waals surface area contributed by atoms with Crippen molar-refractivity contribution in [2.24, 2.45) is 0 Å². The van der Waals surface area contributed by atoms with Crippen molar-refractivity contribution in [3.63, 3.8) is 0 Å². The van der Waals surface area contributed by atoms with E-state index in [1.54, 1.807) is 0 Å². The van der Waals surface area contributed by atoms with Gasteiger partial charge in [0.2, 0.25) is 0 Å². The average Bonchev–Trinajstić information content (AvgIpc) is 3.88. The molecule has 0 fully saturated rings. The van der Waals surface area contributed by atoms with Gasteiger partial charge in [0.25, 0.3) is 0 Å². The van der Waals surface area contributed by atoms with Gasteiger partial charge in [-0.2, -0.15) is 0 Å². The van der Waals surface area contributed by atoms with Crippen LogP contribution in [-0.2, 0) is 5.41 Å². The van der Waals surface area contributed by atoms with Crippen LogP contribution in [0, 0.1) is 0 Å². The first-order valence-corrected chi connectivity index (χ1v) is 19.0. The molecule has 55 heavy (non-hydrogen) atoms. The molecule has 2 heteroatoms. The minimum Gasteiger partial charge on any atom is -0.456 e. The van der Waals surface area contributed by atoms with E-state index >= 15 is 0 Å². The fraction of sp³-hybridized carbons (Fsp3) is 0.0189. The van der Waals surface area contributed by atoms with Crippen LogP contribution in [0.3, 0.4) is 0 Å². The Labute approximate surface area is 319 Å². The van der Waals surface area contributed by atoms with Gasteiger partial charge in [0, 0.05) is 27.4 Å². The molecule has 256 valence electrons. The molecule has 0 saturated carbocycles. The number of hydrogen-bond acceptors (Lipinski definition) is 2. The molecule has 10 aromatic rings. The molecule has 1 aromatic heterocycles. The van der Waals surface area contributed by atoms with Crippen molar-refractivity contribution in [3.8, 4) is 33.4 Å². The van der Waals surface area contributed by atoms with Crippen molar-refractivity contribution in [1.29, 1.82) is 0 Å². The van der Waals surface area contributed by atoms with E-state index in [1.807, 2.05) is 12.1 Å². The Morgan fingerprint density at radius 3 is 1.64 bits per heavy atom. The van der Waals surface area contributed by atoms with E-state index in [1.165, 1.54) is 55.3 Å². The minimum atomic E-state index is -0.439. The summed E-state index contributed by atoms with van der Waals surface area (Å²) >= 11 is 0. The van der Waals surface area contributed by atoms with Crippen molar-refractivity contribution in [2.75, 3.05) is 4.90 Å². The predicted molar refractivity (Wildman–Crippen MR) is 228 cm³/mol. The smallest absolute Gasteiger partial charge is 0.136 e. The van der Waals surface area contributed by atoms with Gasteiger partial charge in [-0.3, -0.25) is 0 Å². The van der Waals surface area contributed by atoms with Crippen LogP contribution in [0.1, 0.15) is 22.3 Å². The van der Waals surface area contributed by atoms with Crippen LogP contribution < -0.4 is 4.90 Å². The van der Waals surface area contributed by atoms with E-state index in [0.29, 0.717) is 0 Å². The topological polar surface area (TPSA) is 16.4 Å². The fourth-order valence-corrected chi connectivity index (χ4v) is 9.84. The molecule has 0 N–H and O–H groups in total. The Morgan fingerprint density at radius 1 is 0.345 bits per heavy atom. The van der Waals surface area contributed by atoms with Crippen LogP contribution in [0.4, 0.5) is 17.1 Å². The van der Waals surface area contributed by atoms with Gasteiger partial charge < -0.3 is 9.32 Å². The molecule has 0 saturated heterocycles. The average molecular weight is 700 g/mol. The summed E-state index contributed by atoms with van der Waals surface area (Å²) in [4.78, 5) is 2.48. The lowest BCUT2D eigenvalue weighted by atomic mass is 9.70. The monoisotopic (exact) mass is 699 g/mol. The summed E-state index contributed by atoms with van der Waals surface area (Å²) < 4.78 is 6.42. The van der Waals surface area contributed by atoms with Gasteiger partial charge in [-0.25, -0.2) is 0 Å². The zero-order chi connectivity index (χ0) is 36.1. The first-order valence-electron chi connectivity index (χ1n) is 19.0. The molecular formula is C53H33NO. The molecule has 12 rings (SSSR count). The molecule has 0 unspecified atom stereocenters. The van der Waals surface area contributed by atoms with Gasteiger partial charge in [-0.05, 0) is 97.9 Å². The van der Waals surface area contributed by atoms with Crippen molar-refractivity contribution in [3.05, 3.63) is 222 Å². The van der Waals surface area contributed by atoms with Gasteiger partial charge in [-0.15, -0.1) is 0 Å². The first-order chi connectivity index (χ1) is 27.3. The Morgan fingerprint density at radius 2 is 0.891 bits per heavy atom. The molecule has 0 bridgehead atoms. The van der Waals surface area contributed by atoms with Gasteiger partial charge >= 0.3 is 0 Å². The fourth-order valence-electron chi connectivity index (χ4n) is 9.84. The Hall–Kier alpha value is -7.16. The summed E-state index contributed by atoms with van der Waals surface area (Å²) in [6, 6.07) is 73.4. The number of hydrogen-bond donors (Lipinski definition) is 0. The molecule has 0 aliphatic heterocycles. The Balaban J connectivity index is 1.14. The summed E-state index contributed by atoms with van der Waals surface area (Å²) in [5.41, 5.74) is 17.5. The SMILES string of the molecule is c1ccc(N(c2ccc3c(c2)C2(c4ccccc4-c4ccccc42)c2ccccc2-3)c2cccc3ccccc23)c(-c2ccc3c(c2)oc2ccccc23)c1. The Kier molecular flexibility index (Phi) is 6.29. The molecule has 1 spiro atoms. The third-order valence-corrected chi connectivity index (χ3v) is 12.1. The third-order valence-electron chi connectivity index (χ3n) is 12.1. The van der Waals surface area contributed by atoms with Gasteiger partial charge in [0.15, 0.2) is 0 Å². The first kappa shape index (κ1) is 30.3. The van der Waals surface area contributed by atoms with E-state index in [9.17, 15) is 0 Å². The lowest BCUT2D eigenvalue weighted by Crippen LogP contribution is -2.26. The number of anilines is 3. The summed E-state index contributed by atoms with van der Waals surface area (Å²) in [6.07, 6.45) is 0. The molecular weight excluding hydrogens is 667 g/mol. The second-order valence-electron chi connectivity index (χ2n) is 14.8. The number of fused-ring (bicyclic) bond motifs is 14. The molecule has 9 aromatic carbocycles. The third kappa shape index (κ3) is 4.14. The highest BCUT2D eigenvalue weighted by Crippen LogP contribution is 2.63. The molecule has 0 amide bonds. The van der Waals surface area contributed by atoms with Gasteiger partial charge in [-0.1, -0.05) is 158 Å². The van der Waals surface area contributed by atoms with Crippen LogP contribution in [0.25, 0.3) is 66.1 Å². The lowest BCUT2D eigenvalue weighted by molar-refractivity contribution is 0.669. The molecule has 0 atom stereocenters. The van der Waals surface area contributed by atoms with Crippen molar-refractivity contribution in [1.82, 2.24) is 0 Å². The second kappa shape index (κ2) is 11.4. The maximum atomic E-state index is 6.42. The van der Waals surface area contributed by atoms with Crippen LogP contribution in [-0.4, -0.2) is 0 Å². The van der Waals surface area contributed by atoms with Crippen molar-refractivity contribution in [2.45, 2.75) is 5.41 Å². The van der Waals surface area contributed by atoms with Crippen LogP contribution in [0.15, 0.2) is 205 Å². The van der Waals surface area contributed by atoms with Crippen LogP contribution in [0.5, 0.6) is 0 Å². The van der Waals surface area contributed by atoms with E-state index in [-0.39, 0.29) is 0 Å². The maximum absolute atomic E-state index is 6.42. The van der Waals surface area contributed by atoms with Crippen molar-refractivity contribution < 1.29 is 4.42 Å². The highest BCUT2D eigenvalue weighted by molar-refractivity contribution is 6.07. The molecule has 2 aliphatic rings. The minimum absolute atomic E-state index is 0.439. The largest absolute Gasteiger partial charge is 0.456 e. The quantitative estimate of drug-likeness (QED) is 0.182. The summed E-state index contributed by atoms with van der Waals surface area (Å²) in [5.74, 6) is 0. The molecule has 1 heterocycles. The second-order valence-corrected chi connectivity index (χ2v) is 14.8. The number of furan rings is 1. The number of rotatable bonds is 4. The standard InChI is InChI=1S/C53H33NO/c1-2-16-37-34(14-1)15-13-26-50(37)54(49-25-11-6-17-38(49)35-28-30-44-43-21-7-12-27-51(43)55-52(44)32-35)36-29-31-42-41-20-5-10-24-47(41)53(48(42)33-36)45-22-8-3-18-39(45)40-19-4-9-23-46(40)53/h1-33H. The molecule has 0 radical (unpaired) electrons. The number of para-hydroxylation sites is 2. The van der Waals surface area contributed by atoms with E-state index in [2.05, 4.69) is 193 Å². The summed E-state index contributed by atoms with van der Waals surface area (Å²) in [7, 11) is 0. The van der Waals surface area contributed by atoms with Crippen LogP contribution >= 0.6 is 0 Å². The van der Waals surface area contributed by atoms with E-state index in [0.717, 1.165) is 50.1 Å². The predicted octanol–water partition coefficient (Wildman–Crippen LogP) is 14.2. The summed E-state index contributed by atoms with van der Waals surface area (Å²) in [6.45, 7) is 0. The lowest BCUT2D eigenvalue weighted by Gasteiger charge is -2.33. The maximum Gasteiger partial charge on any atom is 0.136 e. The highest BCUT2D eigenvalue weighted by atomic mass is 16.3. The van der Waals surface area contributed by atoms with Gasteiger partial charge in [0.05, 0.1) is 16.8 Å².